The smallest absolute Gasteiger partial charge is 0.243 e. The number of rotatable bonds is 3. The van der Waals surface area contributed by atoms with Gasteiger partial charge in [-0.1, -0.05) is 12.1 Å². The zero-order chi connectivity index (χ0) is 18.6. The average molecular weight is 383 g/mol. The highest BCUT2D eigenvalue weighted by Crippen LogP contribution is 2.33. The highest BCUT2D eigenvalue weighted by Gasteiger charge is 2.35. The molecule has 0 N–H and O–H groups in total. The number of hydrogen-bond acceptors (Lipinski definition) is 4. The van der Waals surface area contributed by atoms with Crippen molar-refractivity contribution in [3.05, 3.63) is 53.9 Å². The number of sulfonamides is 1. The third-order valence-corrected chi connectivity index (χ3v) is 7.42. The van der Waals surface area contributed by atoms with Crippen LogP contribution in [0.1, 0.15) is 23.9 Å². The lowest BCUT2D eigenvalue weighted by molar-refractivity contribution is 0.356. The highest BCUT2D eigenvalue weighted by atomic mass is 32.2. The Morgan fingerprint density at radius 1 is 1.19 bits per heavy atom. The molecular formula is C20H21N3O3S. The van der Waals surface area contributed by atoms with E-state index in [4.69, 9.17) is 4.74 Å². The normalized spacial score (nSPS) is 20.1. The van der Waals surface area contributed by atoms with E-state index in [1.165, 1.54) is 0 Å². The van der Waals surface area contributed by atoms with Crippen LogP contribution in [0, 0.1) is 6.92 Å². The van der Waals surface area contributed by atoms with Crippen LogP contribution in [0.4, 0.5) is 0 Å². The molecule has 27 heavy (non-hydrogen) atoms. The van der Waals surface area contributed by atoms with E-state index < -0.39 is 10.0 Å². The third kappa shape index (κ3) is 2.64. The molecule has 3 aromatic rings. The Morgan fingerprint density at radius 2 is 2.04 bits per heavy atom. The Morgan fingerprint density at radius 3 is 2.93 bits per heavy atom. The van der Waals surface area contributed by atoms with Crippen LogP contribution >= 0.6 is 0 Å². The molecule has 6 nitrogen and oxygen atoms in total. The van der Waals surface area contributed by atoms with E-state index >= 15 is 0 Å². The summed E-state index contributed by atoms with van der Waals surface area (Å²) < 4.78 is 35.6. The minimum Gasteiger partial charge on any atom is -0.493 e. The van der Waals surface area contributed by atoms with Gasteiger partial charge in [0.1, 0.15) is 11.6 Å². The van der Waals surface area contributed by atoms with Gasteiger partial charge < -0.3 is 9.30 Å². The fourth-order valence-electron chi connectivity index (χ4n) is 4.24. The van der Waals surface area contributed by atoms with Crippen LogP contribution in [0.25, 0.3) is 11.0 Å². The van der Waals surface area contributed by atoms with E-state index in [0.29, 0.717) is 24.6 Å². The number of fused-ring (bicyclic) bond motifs is 2. The highest BCUT2D eigenvalue weighted by molar-refractivity contribution is 7.89. The van der Waals surface area contributed by atoms with E-state index in [2.05, 4.69) is 9.55 Å². The van der Waals surface area contributed by atoms with Crippen LogP contribution in [0.2, 0.25) is 0 Å². The average Bonchev–Trinajstić information content (AvgIpc) is 3.38. The number of imidazole rings is 1. The molecule has 0 spiro atoms. The molecule has 1 saturated heterocycles. The maximum atomic E-state index is 13.2. The summed E-state index contributed by atoms with van der Waals surface area (Å²) in [6, 6.07) is 13.3. The molecule has 1 aromatic heterocycles. The molecule has 2 aliphatic heterocycles. The molecule has 2 aromatic carbocycles. The van der Waals surface area contributed by atoms with Gasteiger partial charge in [-0.25, -0.2) is 13.4 Å². The van der Waals surface area contributed by atoms with E-state index in [1.54, 1.807) is 22.5 Å². The van der Waals surface area contributed by atoms with E-state index in [0.717, 1.165) is 41.0 Å². The molecular weight excluding hydrogens is 362 g/mol. The monoisotopic (exact) mass is 383 g/mol. The molecule has 0 aliphatic carbocycles. The van der Waals surface area contributed by atoms with Gasteiger partial charge in [-0.05, 0) is 49.2 Å². The molecule has 0 radical (unpaired) electrons. The van der Waals surface area contributed by atoms with Gasteiger partial charge >= 0.3 is 0 Å². The SMILES string of the molecule is Cc1nc2ccccc2n1[C@H]1CCN(S(=O)(=O)c2ccc3c(c2)CCO3)C1. The fraction of sp³-hybridized carbons (Fsp3) is 0.350. The summed E-state index contributed by atoms with van der Waals surface area (Å²) >= 11 is 0. The molecule has 5 rings (SSSR count). The summed E-state index contributed by atoms with van der Waals surface area (Å²) in [6.07, 6.45) is 1.55. The van der Waals surface area contributed by atoms with Crippen LogP contribution in [0.5, 0.6) is 5.75 Å². The maximum Gasteiger partial charge on any atom is 0.243 e. The second kappa shape index (κ2) is 6.07. The quantitative estimate of drug-likeness (QED) is 0.698. The van der Waals surface area contributed by atoms with Crippen molar-refractivity contribution in [2.75, 3.05) is 19.7 Å². The number of benzene rings is 2. The van der Waals surface area contributed by atoms with Gasteiger partial charge in [0.05, 0.1) is 28.6 Å². The molecule has 0 saturated carbocycles. The van der Waals surface area contributed by atoms with E-state index in [9.17, 15) is 8.42 Å². The van der Waals surface area contributed by atoms with E-state index in [1.807, 2.05) is 31.2 Å². The second-order valence-electron chi connectivity index (χ2n) is 7.19. The summed E-state index contributed by atoms with van der Waals surface area (Å²) in [5.74, 6) is 1.73. The van der Waals surface area contributed by atoms with E-state index in [-0.39, 0.29) is 6.04 Å². The molecule has 0 amide bonds. The lowest BCUT2D eigenvalue weighted by Crippen LogP contribution is -2.29. The molecule has 0 bridgehead atoms. The van der Waals surface area contributed by atoms with Crippen molar-refractivity contribution in [1.29, 1.82) is 0 Å². The number of hydrogen-bond donors (Lipinski definition) is 0. The van der Waals surface area contributed by atoms with Gasteiger partial charge in [0.2, 0.25) is 10.0 Å². The largest absolute Gasteiger partial charge is 0.493 e. The van der Waals surface area contributed by atoms with Crippen LogP contribution < -0.4 is 4.74 Å². The Kier molecular flexibility index (Phi) is 3.77. The van der Waals surface area contributed by atoms with Gasteiger partial charge in [-0.3, -0.25) is 0 Å². The first-order chi connectivity index (χ1) is 13.0. The van der Waals surface area contributed by atoms with Crippen LogP contribution in [-0.4, -0.2) is 42.0 Å². The summed E-state index contributed by atoms with van der Waals surface area (Å²) in [7, 11) is -3.51. The molecule has 7 heteroatoms. The molecule has 3 heterocycles. The van der Waals surface area contributed by atoms with Crippen molar-refractivity contribution >= 4 is 21.1 Å². The van der Waals surface area contributed by atoms with Gasteiger partial charge in [0.15, 0.2) is 0 Å². The predicted octanol–water partition coefficient (Wildman–Crippen LogP) is 2.92. The lowest BCUT2D eigenvalue weighted by Gasteiger charge is -2.19. The van der Waals surface area contributed by atoms with Crippen molar-refractivity contribution in [1.82, 2.24) is 13.9 Å². The number of para-hydroxylation sites is 2. The Bertz CT molecular complexity index is 1140. The van der Waals surface area contributed by atoms with Crippen molar-refractivity contribution in [2.24, 2.45) is 0 Å². The van der Waals surface area contributed by atoms with Gasteiger partial charge in [0, 0.05) is 19.5 Å². The first-order valence-corrected chi connectivity index (χ1v) is 10.7. The number of aryl methyl sites for hydroxylation is 1. The first kappa shape index (κ1) is 16.8. The van der Waals surface area contributed by atoms with Crippen molar-refractivity contribution in [3.8, 4) is 5.75 Å². The first-order valence-electron chi connectivity index (χ1n) is 9.23. The summed E-state index contributed by atoms with van der Waals surface area (Å²) in [5.41, 5.74) is 2.99. The minimum absolute atomic E-state index is 0.102. The fourth-order valence-corrected chi connectivity index (χ4v) is 5.78. The summed E-state index contributed by atoms with van der Waals surface area (Å²) in [6.45, 7) is 3.60. The molecule has 2 aliphatic rings. The predicted molar refractivity (Wildman–Crippen MR) is 103 cm³/mol. The van der Waals surface area contributed by atoms with Crippen LogP contribution in [-0.2, 0) is 16.4 Å². The van der Waals surface area contributed by atoms with Gasteiger partial charge in [0.25, 0.3) is 0 Å². The molecule has 0 unspecified atom stereocenters. The maximum absolute atomic E-state index is 13.2. The zero-order valence-electron chi connectivity index (χ0n) is 15.1. The topological polar surface area (TPSA) is 64.4 Å². The molecule has 1 atom stereocenters. The van der Waals surface area contributed by atoms with Gasteiger partial charge in [-0.2, -0.15) is 4.31 Å². The molecule has 140 valence electrons. The molecule has 1 fully saturated rings. The van der Waals surface area contributed by atoms with Gasteiger partial charge in [-0.15, -0.1) is 0 Å². The number of nitrogens with zero attached hydrogens (tertiary/aromatic N) is 3. The summed E-state index contributed by atoms with van der Waals surface area (Å²) in [5, 5.41) is 0. The van der Waals surface area contributed by atoms with Crippen molar-refractivity contribution in [3.63, 3.8) is 0 Å². The zero-order valence-corrected chi connectivity index (χ0v) is 15.9. The Labute approximate surface area is 158 Å². The second-order valence-corrected chi connectivity index (χ2v) is 9.13. The number of ether oxygens (including phenoxy) is 1. The lowest BCUT2D eigenvalue weighted by atomic mass is 10.2. The minimum atomic E-state index is -3.51. The third-order valence-electron chi connectivity index (χ3n) is 5.56. The number of aromatic nitrogens is 2. The van der Waals surface area contributed by atoms with Crippen LogP contribution in [0.15, 0.2) is 47.4 Å². The van der Waals surface area contributed by atoms with Crippen molar-refractivity contribution in [2.45, 2.75) is 30.7 Å². The van der Waals surface area contributed by atoms with Crippen molar-refractivity contribution < 1.29 is 13.2 Å². The Hall–Kier alpha value is -2.38. The summed E-state index contributed by atoms with van der Waals surface area (Å²) in [4.78, 5) is 4.98. The standard InChI is InChI=1S/C20H21N3O3S/c1-14-21-18-4-2-3-5-19(18)23(14)16-8-10-22(13-16)27(24,25)17-6-7-20-15(12-17)9-11-26-20/h2-7,12,16H,8-11,13H2,1H3/t16-/m0/s1. The Balaban J connectivity index is 1.45. The van der Waals surface area contributed by atoms with Crippen LogP contribution in [0.3, 0.4) is 0 Å².